The first-order chi connectivity index (χ1) is 15.2. The highest BCUT2D eigenvalue weighted by Gasteiger charge is 2.33. The van der Waals surface area contributed by atoms with Gasteiger partial charge in [-0.15, -0.1) is 11.8 Å². The summed E-state index contributed by atoms with van der Waals surface area (Å²) >= 11 is 1.79. The highest BCUT2D eigenvalue weighted by molar-refractivity contribution is 7.99. The number of benzene rings is 3. The second-order valence-corrected chi connectivity index (χ2v) is 8.32. The van der Waals surface area contributed by atoms with Crippen LogP contribution >= 0.6 is 11.8 Å². The maximum absolute atomic E-state index is 12.5. The van der Waals surface area contributed by atoms with Gasteiger partial charge in [0.15, 0.2) is 12.2 Å². The number of anilines is 1. The number of rotatable bonds is 6. The Bertz CT molecular complexity index is 1020. The Hall–Kier alpha value is -3.25. The topological polar surface area (TPSA) is 59.9 Å². The molecule has 6 heteroatoms. The van der Waals surface area contributed by atoms with E-state index in [1.54, 1.807) is 11.8 Å². The van der Waals surface area contributed by atoms with Gasteiger partial charge in [-0.05, 0) is 47.7 Å². The largest absolute Gasteiger partial charge is 0.465 e. The molecule has 1 amide bonds. The summed E-state index contributed by atoms with van der Waals surface area (Å²) in [5.74, 6) is 1.59. The molecule has 0 saturated heterocycles. The number of carbonyl (C=O) groups excluding carboxylic acids is 1. The van der Waals surface area contributed by atoms with E-state index in [4.69, 9.17) is 9.47 Å². The number of hydrogen-bond donors (Lipinski definition) is 1. The number of nitrogens with zero attached hydrogens (tertiary/aromatic N) is 1. The number of aliphatic imine (C=N–C) groups is 1. The molecule has 31 heavy (non-hydrogen) atoms. The van der Waals surface area contributed by atoms with Crippen molar-refractivity contribution in [2.45, 2.75) is 24.0 Å². The molecule has 2 unspecified atom stereocenters. The van der Waals surface area contributed by atoms with E-state index in [1.807, 2.05) is 72.8 Å². The van der Waals surface area contributed by atoms with Crippen LogP contribution in [0.4, 0.5) is 10.5 Å². The molecule has 5 nitrogen and oxygen atoms in total. The zero-order chi connectivity index (χ0) is 21.5. The molecule has 0 spiro atoms. The third kappa shape index (κ3) is 5.47. The predicted molar refractivity (Wildman–Crippen MR) is 125 cm³/mol. The number of para-hydroxylation sites is 1. The van der Waals surface area contributed by atoms with E-state index in [2.05, 4.69) is 29.4 Å². The zero-order valence-electron chi connectivity index (χ0n) is 17.2. The van der Waals surface area contributed by atoms with Crippen molar-refractivity contribution < 1.29 is 14.3 Å². The van der Waals surface area contributed by atoms with Crippen molar-refractivity contribution in [3.63, 3.8) is 0 Å². The molecular formula is C25H24N2O3S. The Morgan fingerprint density at radius 3 is 2.39 bits per heavy atom. The number of ether oxygens (including phenoxy) is 2. The number of amides is 1. The Kier molecular flexibility index (Phi) is 6.89. The summed E-state index contributed by atoms with van der Waals surface area (Å²) in [4.78, 5) is 18.3. The smallest absolute Gasteiger partial charge is 0.412 e. The van der Waals surface area contributed by atoms with Gasteiger partial charge in [0.05, 0.1) is 6.54 Å². The molecule has 0 fully saturated rings. The van der Waals surface area contributed by atoms with Crippen molar-refractivity contribution in [3.8, 4) is 0 Å². The maximum Gasteiger partial charge on any atom is 0.412 e. The monoisotopic (exact) mass is 432 g/mol. The highest BCUT2D eigenvalue weighted by Crippen LogP contribution is 2.30. The van der Waals surface area contributed by atoms with E-state index in [0.717, 1.165) is 16.9 Å². The fraction of sp³-hybridized carbons (Fsp3) is 0.200. The fourth-order valence-electron chi connectivity index (χ4n) is 3.35. The molecular weight excluding hydrogens is 408 g/mol. The lowest BCUT2D eigenvalue weighted by Gasteiger charge is -2.31. The third-order valence-corrected chi connectivity index (χ3v) is 5.70. The molecule has 3 aromatic carbocycles. The standard InChI is InChI=1S/C25H24N2O3S/c1-2-31-21-15-13-19(14-16-21)24-26-17-22(23(30-24)18-9-5-3-6-10-18)29-25(28)27-20-11-7-4-8-12-20/h3-16,22-23H,2,17H2,1H3,(H,27,28). The van der Waals surface area contributed by atoms with Crippen molar-refractivity contribution in [1.29, 1.82) is 0 Å². The molecule has 0 saturated carbocycles. The molecule has 1 N–H and O–H groups in total. The van der Waals surface area contributed by atoms with Crippen molar-refractivity contribution in [2.24, 2.45) is 4.99 Å². The van der Waals surface area contributed by atoms with Crippen LogP contribution < -0.4 is 5.32 Å². The van der Waals surface area contributed by atoms with Crippen LogP contribution in [0.3, 0.4) is 0 Å². The Morgan fingerprint density at radius 2 is 1.71 bits per heavy atom. The summed E-state index contributed by atoms with van der Waals surface area (Å²) < 4.78 is 12.0. The van der Waals surface area contributed by atoms with Gasteiger partial charge in [-0.1, -0.05) is 55.5 Å². The molecule has 1 aliphatic rings. The van der Waals surface area contributed by atoms with Crippen molar-refractivity contribution in [2.75, 3.05) is 17.6 Å². The minimum Gasteiger partial charge on any atom is -0.465 e. The summed E-state index contributed by atoms with van der Waals surface area (Å²) in [6.45, 7) is 2.45. The van der Waals surface area contributed by atoms with Gasteiger partial charge in [0, 0.05) is 16.1 Å². The van der Waals surface area contributed by atoms with E-state index < -0.39 is 18.3 Å². The van der Waals surface area contributed by atoms with Crippen LogP contribution in [0.15, 0.2) is 94.8 Å². The molecule has 0 aromatic heterocycles. The normalized spacial score (nSPS) is 17.9. The first-order valence-electron chi connectivity index (χ1n) is 10.2. The minimum absolute atomic E-state index is 0.322. The fourth-order valence-corrected chi connectivity index (χ4v) is 4.01. The summed E-state index contributed by atoms with van der Waals surface area (Å²) in [6, 6.07) is 27.2. The van der Waals surface area contributed by atoms with Gasteiger partial charge in [0.2, 0.25) is 5.90 Å². The number of thioether (sulfide) groups is 1. The third-order valence-electron chi connectivity index (χ3n) is 4.81. The van der Waals surface area contributed by atoms with Crippen molar-refractivity contribution in [1.82, 2.24) is 0 Å². The Labute approximate surface area is 186 Å². The molecule has 0 radical (unpaired) electrons. The van der Waals surface area contributed by atoms with Gasteiger partial charge in [0.25, 0.3) is 0 Å². The van der Waals surface area contributed by atoms with Crippen LogP contribution in [0.2, 0.25) is 0 Å². The minimum atomic E-state index is -0.537. The van der Waals surface area contributed by atoms with Crippen LogP contribution in [0.5, 0.6) is 0 Å². The van der Waals surface area contributed by atoms with E-state index in [0.29, 0.717) is 18.1 Å². The van der Waals surface area contributed by atoms with Gasteiger partial charge >= 0.3 is 6.09 Å². The quantitative estimate of drug-likeness (QED) is 0.490. The van der Waals surface area contributed by atoms with E-state index in [9.17, 15) is 4.79 Å². The summed E-state index contributed by atoms with van der Waals surface area (Å²) in [7, 11) is 0. The van der Waals surface area contributed by atoms with Crippen LogP contribution in [0, 0.1) is 0 Å². The predicted octanol–water partition coefficient (Wildman–Crippen LogP) is 5.93. The molecule has 0 bridgehead atoms. The van der Waals surface area contributed by atoms with Crippen LogP contribution in [0.1, 0.15) is 24.2 Å². The summed E-state index contributed by atoms with van der Waals surface area (Å²) in [5.41, 5.74) is 2.52. The van der Waals surface area contributed by atoms with E-state index in [-0.39, 0.29) is 0 Å². The summed E-state index contributed by atoms with van der Waals surface area (Å²) in [5, 5.41) is 2.75. The Balaban J connectivity index is 1.52. The second kappa shape index (κ2) is 10.2. The van der Waals surface area contributed by atoms with Crippen LogP contribution in [-0.4, -0.2) is 30.4 Å². The van der Waals surface area contributed by atoms with Gasteiger partial charge < -0.3 is 9.47 Å². The first-order valence-corrected chi connectivity index (χ1v) is 11.2. The van der Waals surface area contributed by atoms with Crippen molar-refractivity contribution >= 4 is 29.4 Å². The van der Waals surface area contributed by atoms with Gasteiger partial charge in [-0.25, -0.2) is 9.79 Å². The SMILES string of the molecule is CCSc1ccc(C2=NCC(OC(=O)Nc3ccccc3)C(c3ccccc3)O2)cc1. The number of nitrogens with one attached hydrogen (secondary N) is 1. The van der Waals surface area contributed by atoms with Gasteiger partial charge in [-0.2, -0.15) is 0 Å². The molecule has 3 aromatic rings. The molecule has 1 heterocycles. The van der Waals surface area contributed by atoms with E-state index in [1.165, 1.54) is 4.90 Å². The van der Waals surface area contributed by atoms with Crippen LogP contribution in [-0.2, 0) is 9.47 Å². The lowest BCUT2D eigenvalue weighted by molar-refractivity contribution is 0.00996. The van der Waals surface area contributed by atoms with E-state index >= 15 is 0 Å². The van der Waals surface area contributed by atoms with Crippen molar-refractivity contribution in [3.05, 3.63) is 96.1 Å². The molecule has 158 valence electrons. The Morgan fingerprint density at radius 1 is 1.03 bits per heavy atom. The lowest BCUT2D eigenvalue weighted by atomic mass is 10.0. The molecule has 2 atom stereocenters. The van der Waals surface area contributed by atoms with Gasteiger partial charge in [0.1, 0.15) is 0 Å². The maximum atomic E-state index is 12.5. The van der Waals surface area contributed by atoms with Gasteiger partial charge in [-0.3, -0.25) is 5.32 Å². The average molecular weight is 433 g/mol. The first kappa shape index (κ1) is 21.0. The number of hydrogen-bond acceptors (Lipinski definition) is 5. The molecule has 0 aliphatic carbocycles. The number of carbonyl (C=O) groups is 1. The zero-order valence-corrected chi connectivity index (χ0v) is 18.0. The highest BCUT2D eigenvalue weighted by atomic mass is 32.2. The second-order valence-electron chi connectivity index (χ2n) is 6.99. The lowest BCUT2D eigenvalue weighted by Crippen LogP contribution is -2.37. The molecule has 4 rings (SSSR count). The average Bonchev–Trinajstić information content (AvgIpc) is 2.81. The molecule has 1 aliphatic heterocycles. The van der Waals surface area contributed by atoms with Crippen LogP contribution in [0.25, 0.3) is 0 Å². The summed E-state index contributed by atoms with van der Waals surface area (Å²) in [6.07, 6.45) is -1.51.